The molecule has 1 unspecified atom stereocenters. The molecule has 2 heterocycles. The van der Waals surface area contributed by atoms with Crippen LogP contribution in [0.2, 0.25) is 0 Å². The number of nitrogens with two attached hydrogens (primary N) is 1. The number of hydrogen-bond acceptors (Lipinski definition) is 5. The second-order valence-electron chi connectivity index (χ2n) is 4.11. The molecule has 0 bridgehead atoms. The third-order valence-corrected chi connectivity index (χ3v) is 5.17. The molecule has 1 atom stereocenters. The van der Waals surface area contributed by atoms with Gasteiger partial charge in [0.25, 0.3) is 0 Å². The Bertz CT molecular complexity index is 638. The highest BCUT2D eigenvalue weighted by Gasteiger charge is 2.13. The van der Waals surface area contributed by atoms with Crippen molar-refractivity contribution in [3.8, 4) is 9.88 Å². The molecule has 0 amide bonds. The minimum absolute atomic E-state index is 0.00521. The maximum Gasteiger partial charge on any atom is 0.157 e. The van der Waals surface area contributed by atoms with Crippen LogP contribution in [0.4, 0.5) is 0 Å². The number of fused-ring (bicyclic) bond motifs is 1. The van der Waals surface area contributed by atoms with E-state index in [0.717, 1.165) is 16.4 Å². The van der Waals surface area contributed by atoms with Crippen LogP contribution in [0.3, 0.4) is 0 Å². The molecular weight excluding hydrogens is 262 g/mol. The molecule has 0 aliphatic heterocycles. The van der Waals surface area contributed by atoms with E-state index in [9.17, 15) is 0 Å². The second kappa shape index (κ2) is 4.76. The molecule has 0 spiro atoms. The Hall–Kier alpha value is -1.30. The highest BCUT2D eigenvalue weighted by molar-refractivity contribution is 7.25. The van der Waals surface area contributed by atoms with Gasteiger partial charge in [-0.1, -0.05) is 36.5 Å². The Morgan fingerprint density at radius 3 is 2.83 bits per heavy atom. The van der Waals surface area contributed by atoms with Gasteiger partial charge in [0.05, 0.1) is 10.9 Å². The molecule has 0 aliphatic rings. The lowest BCUT2D eigenvalue weighted by atomic mass is 10.2. The van der Waals surface area contributed by atoms with Crippen molar-refractivity contribution in [2.24, 2.45) is 5.73 Å². The topological polar surface area (TPSA) is 51.8 Å². The summed E-state index contributed by atoms with van der Waals surface area (Å²) in [7, 11) is 0. The molecule has 5 heteroatoms. The third-order valence-electron chi connectivity index (χ3n) is 2.83. The summed E-state index contributed by atoms with van der Waals surface area (Å²) in [6.45, 7) is 2.06. The van der Waals surface area contributed by atoms with Gasteiger partial charge in [0.1, 0.15) is 5.01 Å². The monoisotopic (exact) mass is 275 g/mol. The first kappa shape index (κ1) is 11.8. The van der Waals surface area contributed by atoms with E-state index >= 15 is 0 Å². The first-order valence-corrected chi connectivity index (χ1v) is 7.49. The molecule has 2 aromatic heterocycles. The average molecular weight is 275 g/mol. The summed E-state index contributed by atoms with van der Waals surface area (Å²) >= 11 is 3.35. The first-order valence-electron chi connectivity index (χ1n) is 5.86. The Morgan fingerprint density at radius 2 is 2.06 bits per heavy atom. The van der Waals surface area contributed by atoms with Gasteiger partial charge in [0, 0.05) is 4.70 Å². The van der Waals surface area contributed by atoms with Crippen molar-refractivity contribution in [1.29, 1.82) is 0 Å². The zero-order valence-electron chi connectivity index (χ0n) is 9.96. The van der Waals surface area contributed by atoms with E-state index < -0.39 is 0 Å². The van der Waals surface area contributed by atoms with Crippen LogP contribution in [0, 0.1) is 0 Å². The molecule has 3 aromatic rings. The van der Waals surface area contributed by atoms with Gasteiger partial charge in [-0.25, -0.2) is 0 Å². The number of aromatic nitrogens is 2. The number of benzene rings is 1. The zero-order chi connectivity index (χ0) is 12.5. The fourth-order valence-electron chi connectivity index (χ4n) is 1.75. The lowest BCUT2D eigenvalue weighted by Gasteiger charge is -2.00. The van der Waals surface area contributed by atoms with Gasteiger partial charge in [0.15, 0.2) is 5.01 Å². The number of nitrogens with zero attached hydrogens (tertiary/aromatic N) is 2. The third kappa shape index (κ3) is 2.05. The largest absolute Gasteiger partial charge is 0.322 e. The van der Waals surface area contributed by atoms with Crippen molar-refractivity contribution >= 4 is 32.8 Å². The summed E-state index contributed by atoms with van der Waals surface area (Å²) in [5, 5.41) is 11.6. The highest BCUT2D eigenvalue weighted by Crippen LogP contribution is 2.35. The second-order valence-corrected chi connectivity index (χ2v) is 6.20. The molecule has 2 N–H and O–H groups in total. The number of rotatable bonds is 3. The number of hydrogen-bond donors (Lipinski definition) is 1. The van der Waals surface area contributed by atoms with Gasteiger partial charge >= 0.3 is 0 Å². The van der Waals surface area contributed by atoms with Crippen molar-refractivity contribution in [1.82, 2.24) is 10.2 Å². The van der Waals surface area contributed by atoms with Crippen LogP contribution in [-0.4, -0.2) is 10.2 Å². The molecule has 0 aliphatic carbocycles. The SMILES string of the molecule is CCC(N)c1nnc(-c2cc3ccccc3s2)s1. The van der Waals surface area contributed by atoms with Crippen LogP contribution in [0.15, 0.2) is 30.3 Å². The van der Waals surface area contributed by atoms with E-state index in [0.29, 0.717) is 0 Å². The average Bonchev–Trinajstić information content (AvgIpc) is 3.03. The van der Waals surface area contributed by atoms with E-state index in [1.165, 1.54) is 15.0 Å². The summed E-state index contributed by atoms with van der Waals surface area (Å²) < 4.78 is 1.28. The van der Waals surface area contributed by atoms with Crippen molar-refractivity contribution in [3.63, 3.8) is 0 Å². The van der Waals surface area contributed by atoms with Gasteiger partial charge in [-0.2, -0.15) is 0 Å². The summed E-state index contributed by atoms with van der Waals surface area (Å²) in [5.74, 6) is 0. The van der Waals surface area contributed by atoms with E-state index in [4.69, 9.17) is 5.73 Å². The molecule has 0 fully saturated rings. The Labute approximate surface area is 113 Å². The van der Waals surface area contributed by atoms with E-state index in [2.05, 4.69) is 47.5 Å². The summed E-state index contributed by atoms with van der Waals surface area (Å²) in [5.41, 5.74) is 5.97. The van der Waals surface area contributed by atoms with Gasteiger partial charge in [-0.15, -0.1) is 21.5 Å². The molecule has 0 saturated heterocycles. The predicted molar refractivity (Wildman–Crippen MR) is 77.9 cm³/mol. The number of thiophene rings is 1. The predicted octanol–water partition coefficient (Wildman–Crippen LogP) is 3.83. The minimum Gasteiger partial charge on any atom is -0.322 e. The molecule has 0 saturated carbocycles. The highest BCUT2D eigenvalue weighted by atomic mass is 32.1. The fourth-order valence-corrected chi connectivity index (χ4v) is 3.78. The van der Waals surface area contributed by atoms with Crippen LogP contribution in [0.25, 0.3) is 20.0 Å². The summed E-state index contributed by atoms with van der Waals surface area (Å²) in [4.78, 5) is 1.17. The van der Waals surface area contributed by atoms with Gasteiger partial charge in [-0.05, 0) is 23.9 Å². The Kier molecular flexibility index (Phi) is 3.11. The van der Waals surface area contributed by atoms with E-state index in [-0.39, 0.29) is 6.04 Å². The van der Waals surface area contributed by atoms with E-state index in [1.54, 1.807) is 22.7 Å². The standard InChI is InChI=1S/C13H13N3S2/c1-2-9(14)12-15-16-13(18-12)11-7-8-5-3-4-6-10(8)17-11/h3-7,9H,2,14H2,1H3. The van der Waals surface area contributed by atoms with Crippen LogP contribution in [-0.2, 0) is 0 Å². The molecule has 1 aromatic carbocycles. The summed E-state index contributed by atoms with van der Waals surface area (Å²) in [6, 6.07) is 10.5. The van der Waals surface area contributed by atoms with Crippen LogP contribution in [0.5, 0.6) is 0 Å². The van der Waals surface area contributed by atoms with Gasteiger partial charge in [-0.3, -0.25) is 0 Å². The van der Waals surface area contributed by atoms with Gasteiger partial charge < -0.3 is 5.73 Å². The molecule has 3 nitrogen and oxygen atoms in total. The van der Waals surface area contributed by atoms with E-state index in [1.807, 2.05) is 0 Å². The normalized spacial score (nSPS) is 13.0. The van der Waals surface area contributed by atoms with Crippen molar-refractivity contribution < 1.29 is 0 Å². The Balaban J connectivity index is 2.01. The maximum absolute atomic E-state index is 5.97. The molecule has 92 valence electrons. The fraction of sp³-hybridized carbons (Fsp3) is 0.231. The minimum atomic E-state index is 0.00521. The van der Waals surface area contributed by atoms with Crippen molar-refractivity contribution in [2.75, 3.05) is 0 Å². The lowest BCUT2D eigenvalue weighted by Crippen LogP contribution is -2.07. The summed E-state index contributed by atoms with van der Waals surface area (Å²) in [6.07, 6.45) is 0.890. The van der Waals surface area contributed by atoms with Crippen LogP contribution < -0.4 is 5.73 Å². The molecule has 0 radical (unpaired) electrons. The molecule has 3 rings (SSSR count). The van der Waals surface area contributed by atoms with Crippen LogP contribution >= 0.6 is 22.7 Å². The van der Waals surface area contributed by atoms with Crippen LogP contribution in [0.1, 0.15) is 24.4 Å². The Morgan fingerprint density at radius 1 is 1.22 bits per heavy atom. The van der Waals surface area contributed by atoms with Gasteiger partial charge in [0.2, 0.25) is 0 Å². The maximum atomic E-state index is 5.97. The van der Waals surface area contributed by atoms with Crippen molar-refractivity contribution in [2.45, 2.75) is 19.4 Å². The molecule has 18 heavy (non-hydrogen) atoms. The lowest BCUT2D eigenvalue weighted by molar-refractivity contribution is 0.683. The van der Waals surface area contributed by atoms with Crippen molar-refractivity contribution in [3.05, 3.63) is 35.3 Å². The first-order chi connectivity index (χ1) is 8.78. The quantitative estimate of drug-likeness (QED) is 0.790. The molecular formula is C13H13N3S2. The zero-order valence-corrected chi connectivity index (χ0v) is 11.6. The smallest absolute Gasteiger partial charge is 0.157 e.